The van der Waals surface area contributed by atoms with Crippen LogP contribution in [0.1, 0.15) is 12.8 Å². The third-order valence-corrected chi connectivity index (χ3v) is 23.2. The fraction of sp³-hybridized carbons (Fsp3) is 0.0625. The first-order chi connectivity index (χ1) is 32.9. The Morgan fingerprint density at radius 1 is 0.106 bits per heavy atom. The summed E-state index contributed by atoms with van der Waals surface area (Å²) in [6.07, 6.45) is 2.13. The maximum Gasteiger partial charge on any atom is 0 e. The Bertz CT molecular complexity index is 4110. The predicted molar refractivity (Wildman–Crippen MR) is 288 cm³/mol. The van der Waals surface area contributed by atoms with Crippen molar-refractivity contribution < 1.29 is 0 Å². The van der Waals surface area contributed by atoms with Gasteiger partial charge < -0.3 is 11.5 Å². The highest BCUT2D eigenvalue weighted by molar-refractivity contribution is 6.85. The zero-order valence-corrected chi connectivity index (χ0v) is 34.0. The second-order valence-electron chi connectivity index (χ2n) is 23.8. The molecule has 0 spiro atoms. The first kappa shape index (κ1) is 25.0. The summed E-state index contributed by atoms with van der Waals surface area (Å²) in [7, 11) is 0. The summed E-state index contributed by atoms with van der Waals surface area (Å²) in [4.78, 5) is 0. The van der Waals surface area contributed by atoms with Crippen LogP contribution < -0.4 is 11.5 Å². The maximum atomic E-state index is 5.16. The van der Waals surface area contributed by atoms with Gasteiger partial charge >= 0.3 is 0 Å². The zero-order chi connectivity index (χ0) is 39.5. The Balaban J connectivity index is 0.000000462. The lowest BCUT2D eigenvalue weighted by molar-refractivity contribution is 0.755. The van der Waals surface area contributed by atoms with Gasteiger partial charge in [0.05, 0.1) is 0 Å². The summed E-state index contributed by atoms with van der Waals surface area (Å²) in [5.41, 5.74) is 10.3. The molecule has 66 heavy (non-hydrogen) atoms. The molecule has 0 radical (unpaired) electrons. The molecule has 2 nitrogen and oxygen atoms in total. The molecule has 0 amide bonds. The van der Waals surface area contributed by atoms with Gasteiger partial charge in [-0.25, -0.2) is 0 Å². The van der Waals surface area contributed by atoms with Crippen molar-refractivity contribution in [1.82, 2.24) is 0 Å². The molecule has 0 saturated heterocycles. The molecule has 0 heterocycles. The van der Waals surface area contributed by atoms with Gasteiger partial charge in [-0.3, -0.25) is 0 Å². The third-order valence-electron chi connectivity index (χ3n) is 23.2. The van der Waals surface area contributed by atoms with Gasteiger partial charge in [-0.2, -0.15) is 0 Å². The summed E-state index contributed by atoms with van der Waals surface area (Å²) >= 11 is 0. The Kier molecular flexibility index (Phi) is 2.20. The smallest absolute Gasteiger partial charge is 0 e. The van der Waals surface area contributed by atoms with Gasteiger partial charge in [0.15, 0.2) is 0 Å². The lowest BCUT2D eigenvalue weighted by Gasteiger charge is -2.14. The summed E-state index contributed by atoms with van der Waals surface area (Å²) in [5, 5.41) is 100. The zero-order valence-electron chi connectivity index (χ0n) is 34.0. The molecule has 4 N–H and O–H groups in total. The van der Waals surface area contributed by atoms with E-state index in [0.717, 1.165) is 25.9 Å². The Labute approximate surface area is 358 Å². The average Bonchev–Trinajstić information content (AvgIpc) is 4.17. The first-order valence-electron chi connectivity index (χ1n) is 24.8. The molecule has 32 aromatic rings. The highest BCUT2D eigenvalue weighted by atomic mass is 14.6. The van der Waals surface area contributed by atoms with Crippen LogP contribution in [0.25, 0.3) is 323 Å². The number of unbranched alkanes of at least 4 members (excludes halogenated alkanes) is 1. The molecule has 0 unspecified atom stereocenters. The molecule has 2 heteroatoms. The van der Waals surface area contributed by atoms with Gasteiger partial charge in [-0.05, 0) is 25.9 Å². The minimum Gasteiger partial charge on any atom is -0.330 e. The van der Waals surface area contributed by atoms with E-state index >= 15 is 0 Å². The lowest BCUT2D eigenvalue weighted by Crippen LogP contribution is -2.03. The van der Waals surface area contributed by atoms with Crippen molar-refractivity contribution in [3.63, 3.8) is 0 Å². The quantitative estimate of drug-likeness (QED) is 0.138. The monoisotopic (exact) mass is 808 g/mol. The van der Waals surface area contributed by atoms with E-state index in [9.17, 15) is 0 Å². The van der Waals surface area contributed by atoms with E-state index < -0.39 is 0 Å². The van der Waals surface area contributed by atoms with Crippen LogP contribution >= 0.6 is 0 Å². The van der Waals surface area contributed by atoms with Crippen LogP contribution in [0, 0.1) is 0 Å². The van der Waals surface area contributed by atoms with Crippen LogP contribution in [0.2, 0.25) is 0 Å². The first-order valence-corrected chi connectivity index (χ1v) is 24.8. The molecule has 0 bridgehead atoms. The van der Waals surface area contributed by atoms with Crippen LogP contribution in [0.15, 0.2) is 0 Å². The van der Waals surface area contributed by atoms with Crippen molar-refractivity contribution in [2.45, 2.75) is 12.8 Å². The highest BCUT2D eigenvalue weighted by Crippen LogP contribution is 2.80. The van der Waals surface area contributed by atoms with Crippen molar-refractivity contribution >= 4 is 323 Å². The van der Waals surface area contributed by atoms with Crippen molar-refractivity contribution in [2.75, 3.05) is 13.1 Å². The Morgan fingerprint density at radius 3 is 0.182 bits per heavy atom. The van der Waals surface area contributed by atoms with Gasteiger partial charge in [-0.15, -0.1) is 0 Å². The van der Waals surface area contributed by atoms with E-state index in [1.807, 2.05) is 0 Å². The Hall–Kier alpha value is -7.88. The van der Waals surface area contributed by atoms with E-state index in [1.54, 1.807) is 323 Å². The molecular weight excluding hydrogens is 797 g/mol. The van der Waals surface area contributed by atoms with Crippen molar-refractivity contribution in [1.29, 1.82) is 0 Å². The van der Waals surface area contributed by atoms with E-state index in [4.69, 9.17) is 11.5 Å². The molecule has 0 atom stereocenters. The average molecular weight is 809 g/mol. The van der Waals surface area contributed by atoms with Crippen molar-refractivity contribution in [3.05, 3.63) is 0 Å². The third kappa shape index (κ3) is 1.35. The number of benzene rings is 20. The second-order valence-corrected chi connectivity index (χ2v) is 23.8. The number of rotatable bonds is 3. The van der Waals surface area contributed by atoms with E-state index in [0.29, 0.717) is 0 Å². The van der Waals surface area contributed by atoms with E-state index in [1.165, 1.54) is 0 Å². The van der Waals surface area contributed by atoms with Crippen LogP contribution in [0.3, 0.4) is 0 Å². The summed E-state index contributed by atoms with van der Waals surface area (Å²) in [5.74, 6) is 0. The van der Waals surface area contributed by atoms with Crippen LogP contribution in [0.4, 0.5) is 0 Å². The molecule has 0 saturated carbocycles. The maximum absolute atomic E-state index is 5.16. The summed E-state index contributed by atoms with van der Waals surface area (Å²) in [6, 6.07) is 0. The normalized spacial score (nSPS) is 17.2. The minimum absolute atomic E-state index is 0.775. The predicted octanol–water partition coefficient (Wildman–Crippen LogP) is 17.4. The standard InChI is InChI=1S/C60.C4H12N2/c1-2-5-6-3(1)8-12-10-4(1)9-11-7(2)17-21-13(5)23-24-14(6)22-18(8)28-20(12)30-26-16(10)15(9)25-29-19(11)27(17)37-41-31(21)33(23)43-44-34(24)32(22)42-38(28)48-40(30)46-36(26)35(25)45-39(29)47(37)55-49(41)51(43)57-52(44)50(42)56(48)59-54(46)53(45)58(55)60(57)59;5-3-1-2-4-6/h;1-6H2. The number of hydrogen-bond acceptors (Lipinski definition) is 2. The topological polar surface area (TPSA) is 52.0 Å². The number of hydrogen-bond donors (Lipinski definition) is 2. The molecule has 32 aromatic carbocycles. The Morgan fingerprint density at radius 2 is 0.152 bits per heavy atom. The van der Waals surface area contributed by atoms with Gasteiger partial charge in [-0.1, -0.05) is 0 Å². The van der Waals surface area contributed by atoms with E-state index in [2.05, 4.69) is 0 Å². The largest absolute Gasteiger partial charge is 0.330 e. The summed E-state index contributed by atoms with van der Waals surface area (Å²) in [6.45, 7) is 1.55. The summed E-state index contributed by atoms with van der Waals surface area (Å²) < 4.78 is 0. The SMILES string of the molecule is NCCCCN.c12c3c4c5c1c1c6c7c2c2c8c3c3c9c4c4c%10c5c5c1c1c6c6c%11c7c2c2c7c8c3c3c8c9c4c4c9c%10c5c5c1c1c6c6c%11c2c2c7c3c3c8c4c4c9c5c1c1c6c2c3c41. The molecule has 0 aliphatic heterocycles. The van der Waals surface area contributed by atoms with Crippen LogP contribution in [0.5, 0.6) is 0 Å². The molecule has 0 aliphatic carbocycles. The fourth-order valence-corrected chi connectivity index (χ4v) is 22.8. The minimum atomic E-state index is 0.775. The van der Waals surface area contributed by atoms with Crippen molar-refractivity contribution in [3.8, 4) is 0 Å². The lowest BCUT2D eigenvalue weighted by atomic mass is 9.88. The van der Waals surface area contributed by atoms with Gasteiger partial charge in [0.25, 0.3) is 0 Å². The second kappa shape index (κ2) is 5.80. The van der Waals surface area contributed by atoms with Crippen molar-refractivity contribution in [2.24, 2.45) is 11.5 Å². The molecule has 32 rings (SSSR count). The van der Waals surface area contributed by atoms with E-state index in [-0.39, 0.29) is 0 Å². The van der Waals surface area contributed by atoms with Gasteiger partial charge in [0, 0.05) is 323 Å². The van der Waals surface area contributed by atoms with Gasteiger partial charge in [0.1, 0.15) is 0 Å². The van der Waals surface area contributed by atoms with Crippen LogP contribution in [-0.2, 0) is 0 Å². The molecular formula is C64H12N2. The molecule has 0 fully saturated rings. The van der Waals surface area contributed by atoms with Crippen LogP contribution in [-0.4, -0.2) is 13.1 Å². The molecule has 0 aromatic heterocycles. The molecule has 0 aliphatic rings. The molecule has 278 valence electrons. The number of nitrogens with two attached hydrogens (primary N) is 2. The fourth-order valence-electron chi connectivity index (χ4n) is 22.8. The highest BCUT2D eigenvalue weighted by Gasteiger charge is 2.51. The van der Waals surface area contributed by atoms with Gasteiger partial charge in [0.2, 0.25) is 0 Å².